The quantitative estimate of drug-likeness (QED) is 0.134. The number of amides is 1. The largest absolute Gasteiger partial charge is 0.417 e. The Morgan fingerprint density at radius 1 is 1.19 bits per heavy atom. The smallest absolute Gasteiger partial charge is 0.256 e. The van der Waals surface area contributed by atoms with Crippen LogP contribution in [0.15, 0.2) is 59.5 Å². The van der Waals surface area contributed by atoms with Crippen LogP contribution < -0.4 is 5.32 Å². The van der Waals surface area contributed by atoms with Gasteiger partial charge in [0.2, 0.25) is 0 Å². The SMILES string of the molecule is CC(C)(C)[Si](C)(C)OCC/C(CCN=[N+]=[N-])=C(\F)Cn1cnc2c(NC(=O)c3ccccc3)ncnc21. The van der Waals surface area contributed by atoms with E-state index in [0.717, 1.165) is 0 Å². The van der Waals surface area contributed by atoms with Crippen LogP contribution in [0, 0.1) is 0 Å². The standard InChI is InChI=1S/C25H33FN8O2Si/c1-25(2,3)37(4,5)36-14-12-18(11-13-31-33-27)20(26)15-34-17-30-21-22(28-16-29-23(21)34)32-24(35)19-9-7-6-8-10-19/h6-10,16-17H,11-15H2,1-5H3,(H,28,29,32,35)/b20-18-. The molecule has 1 amide bonds. The number of nitrogens with one attached hydrogen (secondary N) is 1. The van der Waals surface area contributed by atoms with Crippen LogP contribution in [0.1, 0.15) is 44.0 Å². The zero-order valence-electron chi connectivity index (χ0n) is 21.9. The first kappa shape index (κ1) is 28.0. The van der Waals surface area contributed by atoms with E-state index >= 15 is 4.39 Å². The maximum Gasteiger partial charge on any atom is 0.256 e. The molecular weight excluding hydrogens is 491 g/mol. The van der Waals surface area contributed by atoms with Crippen LogP contribution in [0.3, 0.4) is 0 Å². The average Bonchev–Trinajstić information content (AvgIpc) is 3.26. The van der Waals surface area contributed by atoms with E-state index in [9.17, 15) is 4.79 Å². The van der Waals surface area contributed by atoms with Crippen molar-refractivity contribution in [3.05, 3.63) is 70.4 Å². The number of halogens is 1. The number of fused-ring (bicyclic) bond motifs is 1. The molecule has 0 radical (unpaired) electrons. The number of carbonyl (C=O) groups excluding carboxylic acids is 1. The van der Waals surface area contributed by atoms with E-state index in [4.69, 9.17) is 9.96 Å². The Morgan fingerprint density at radius 3 is 2.59 bits per heavy atom. The van der Waals surface area contributed by atoms with Crippen LogP contribution in [-0.2, 0) is 11.0 Å². The van der Waals surface area contributed by atoms with E-state index in [1.165, 1.54) is 12.7 Å². The lowest BCUT2D eigenvalue weighted by molar-refractivity contribution is 0.102. The minimum absolute atomic E-state index is 0.0452. The number of rotatable bonds is 11. The highest BCUT2D eigenvalue weighted by Gasteiger charge is 2.37. The lowest BCUT2D eigenvalue weighted by atomic mass is 10.1. The number of imidazole rings is 1. The van der Waals surface area contributed by atoms with Gasteiger partial charge < -0.3 is 14.3 Å². The second-order valence-electron chi connectivity index (χ2n) is 10.2. The molecule has 2 aromatic heterocycles. The van der Waals surface area contributed by atoms with Crippen molar-refractivity contribution in [2.75, 3.05) is 18.5 Å². The Hall–Kier alpha value is -3.60. The maximum atomic E-state index is 15.5. The fourth-order valence-electron chi connectivity index (χ4n) is 3.39. The van der Waals surface area contributed by atoms with Gasteiger partial charge in [-0.15, -0.1) is 0 Å². The molecule has 0 unspecified atom stereocenters. The van der Waals surface area contributed by atoms with Gasteiger partial charge >= 0.3 is 0 Å². The Bertz CT molecular complexity index is 1310. The number of aromatic nitrogens is 4. The summed E-state index contributed by atoms with van der Waals surface area (Å²) in [4.78, 5) is 28.1. The minimum Gasteiger partial charge on any atom is -0.417 e. The Balaban J connectivity index is 1.80. The monoisotopic (exact) mass is 524 g/mol. The predicted octanol–water partition coefficient (Wildman–Crippen LogP) is 6.41. The van der Waals surface area contributed by atoms with E-state index in [1.807, 2.05) is 6.07 Å². The summed E-state index contributed by atoms with van der Waals surface area (Å²) in [6, 6.07) is 8.75. The minimum atomic E-state index is -1.98. The van der Waals surface area contributed by atoms with Gasteiger partial charge in [-0.05, 0) is 54.2 Å². The van der Waals surface area contributed by atoms with E-state index in [0.29, 0.717) is 35.3 Å². The summed E-state index contributed by atoms with van der Waals surface area (Å²) >= 11 is 0. The highest BCUT2D eigenvalue weighted by molar-refractivity contribution is 6.74. The van der Waals surface area contributed by atoms with Gasteiger partial charge in [0.05, 0.1) is 12.9 Å². The number of hydrogen-bond acceptors (Lipinski definition) is 6. The summed E-state index contributed by atoms with van der Waals surface area (Å²) in [5.41, 5.74) is 10.4. The van der Waals surface area contributed by atoms with Crippen molar-refractivity contribution in [2.24, 2.45) is 5.11 Å². The molecule has 3 aromatic rings. The van der Waals surface area contributed by atoms with Crippen molar-refractivity contribution >= 4 is 31.2 Å². The highest BCUT2D eigenvalue weighted by Crippen LogP contribution is 2.36. The summed E-state index contributed by atoms with van der Waals surface area (Å²) in [6.45, 7) is 11.2. The van der Waals surface area contributed by atoms with Gasteiger partial charge in [0, 0.05) is 23.6 Å². The van der Waals surface area contributed by atoms with Crippen LogP contribution in [0.2, 0.25) is 18.1 Å². The zero-order valence-corrected chi connectivity index (χ0v) is 22.9. The number of hydrogen-bond donors (Lipinski definition) is 1. The summed E-state index contributed by atoms with van der Waals surface area (Å²) in [7, 11) is -1.98. The summed E-state index contributed by atoms with van der Waals surface area (Å²) in [5.74, 6) is -0.448. The average molecular weight is 525 g/mol. The van der Waals surface area contributed by atoms with Gasteiger partial charge in [-0.3, -0.25) is 4.79 Å². The van der Waals surface area contributed by atoms with Crippen LogP contribution in [0.5, 0.6) is 0 Å². The van der Waals surface area contributed by atoms with Crippen molar-refractivity contribution in [1.29, 1.82) is 0 Å². The van der Waals surface area contributed by atoms with Gasteiger partial charge in [-0.1, -0.05) is 44.1 Å². The molecule has 1 N–H and O–H groups in total. The lowest BCUT2D eigenvalue weighted by Gasteiger charge is -2.36. The van der Waals surface area contributed by atoms with Crippen LogP contribution in [0.4, 0.5) is 10.2 Å². The third kappa shape index (κ3) is 7.22. The number of benzene rings is 1. The second-order valence-corrected chi connectivity index (χ2v) is 15.0. The van der Waals surface area contributed by atoms with Crippen LogP contribution >= 0.6 is 0 Å². The molecule has 2 heterocycles. The summed E-state index contributed by atoms with van der Waals surface area (Å²) in [5, 5.41) is 6.36. The molecular formula is C25H33FN8O2Si. The van der Waals surface area contributed by atoms with E-state index in [2.05, 4.69) is 64.2 Å². The van der Waals surface area contributed by atoms with Crippen molar-refractivity contribution in [1.82, 2.24) is 19.5 Å². The van der Waals surface area contributed by atoms with E-state index < -0.39 is 8.32 Å². The number of nitrogens with zero attached hydrogens (tertiary/aromatic N) is 7. The summed E-state index contributed by atoms with van der Waals surface area (Å²) < 4.78 is 23.3. The fraction of sp³-hybridized carbons (Fsp3) is 0.440. The molecule has 12 heteroatoms. The van der Waals surface area contributed by atoms with E-state index in [-0.39, 0.29) is 42.1 Å². The number of allylic oxidation sites excluding steroid dienone is 1. The van der Waals surface area contributed by atoms with Crippen molar-refractivity contribution < 1.29 is 13.6 Å². The molecule has 3 rings (SSSR count). The fourth-order valence-corrected chi connectivity index (χ4v) is 4.44. The molecule has 0 spiro atoms. The van der Waals surface area contributed by atoms with Gasteiger partial charge in [0.25, 0.3) is 5.91 Å². The Labute approximate surface area is 216 Å². The maximum absolute atomic E-state index is 15.5. The first-order chi connectivity index (χ1) is 17.5. The third-order valence-electron chi connectivity index (χ3n) is 6.61. The van der Waals surface area contributed by atoms with Crippen molar-refractivity contribution in [2.45, 2.75) is 58.3 Å². The van der Waals surface area contributed by atoms with Crippen LogP contribution in [-0.4, -0.2) is 46.9 Å². The van der Waals surface area contributed by atoms with Gasteiger partial charge in [0.1, 0.15) is 12.2 Å². The molecule has 0 atom stereocenters. The molecule has 0 aliphatic rings. The van der Waals surface area contributed by atoms with Gasteiger partial charge in [0.15, 0.2) is 25.3 Å². The Kier molecular flexibility index (Phi) is 9.14. The molecule has 1 aromatic carbocycles. The van der Waals surface area contributed by atoms with E-state index in [1.54, 1.807) is 28.8 Å². The number of carbonyl (C=O) groups is 1. The number of anilines is 1. The molecule has 196 valence electrons. The Morgan fingerprint density at radius 2 is 1.92 bits per heavy atom. The predicted molar refractivity (Wildman–Crippen MR) is 144 cm³/mol. The third-order valence-corrected chi connectivity index (χ3v) is 11.1. The van der Waals surface area contributed by atoms with Crippen molar-refractivity contribution in [3.63, 3.8) is 0 Å². The molecule has 0 bridgehead atoms. The van der Waals surface area contributed by atoms with Gasteiger partial charge in [-0.25, -0.2) is 19.3 Å². The molecule has 0 fully saturated rings. The van der Waals surface area contributed by atoms with Gasteiger partial charge in [-0.2, -0.15) is 0 Å². The van der Waals surface area contributed by atoms with Crippen molar-refractivity contribution in [3.8, 4) is 0 Å². The first-order valence-corrected chi connectivity index (χ1v) is 15.0. The summed E-state index contributed by atoms with van der Waals surface area (Å²) in [6.07, 6.45) is 3.45. The first-order valence-electron chi connectivity index (χ1n) is 12.1. The molecule has 0 aliphatic heterocycles. The zero-order chi connectivity index (χ0) is 27.1. The molecule has 0 saturated heterocycles. The highest BCUT2D eigenvalue weighted by atomic mass is 28.4. The number of azide groups is 1. The molecule has 0 saturated carbocycles. The normalized spacial score (nSPS) is 12.7. The topological polar surface area (TPSA) is 131 Å². The second kappa shape index (κ2) is 12.1. The van der Waals surface area contributed by atoms with Crippen LogP contribution in [0.25, 0.3) is 21.6 Å². The lowest BCUT2D eigenvalue weighted by Crippen LogP contribution is -2.41. The molecule has 10 nitrogen and oxygen atoms in total. The molecule has 0 aliphatic carbocycles. The molecule has 37 heavy (non-hydrogen) atoms.